The molecular weight excluding hydrogens is 268 g/mol. The molecule has 0 aliphatic heterocycles. The molecule has 0 bridgehead atoms. The Hall–Kier alpha value is -1.88. The van der Waals surface area contributed by atoms with Gasteiger partial charge >= 0.3 is 5.97 Å². The first-order valence-corrected chi connectivity index (χ1v) is 7.21. The highest BCUT2D eigenvalue weighted by Gasteiger charge is 2.23. The number of hydrogen-bond acceptors (Lipinski definition) is 3. The Balaban J connectivity index is 2.67. The van der Waals surface area contributed by atoms with E-state index in [2.05, 4.69) is 19.2 Å². The monoisotopic (exact) mass is 292 g/mol. The van der Waals surface area contributed by atoms with Gasteiger partial charge in [0.15, 0.2) is 6.04 Å². The molecule has 0 aromatic heterocycles. The van der Waals surface area contributed by atoms with Crippen molar-refractivity contribution in [3.05, 3.63) is 35.9 Å². The lowest BCUT2D eigenvalue weighted by Crippen LogP contribution is -2.35. The van der Waals surface area contributed by atoms with E-state index in [1.807, 2.05) is 0 Å². The molecule has 4 N–H and O–H groups in total. The van der Waals surface area contributed by atoms with E-state index in [-0.39, 0.29) is 18.2 Å². The molecule has 5 heteroatoms. The Bertz CT molecular complexity index is 460. The van der Waals surface area contributed by atoms with Gasteiger partial charge < -0.3 is 16.2 Å². The highest BCUT2D eigenvalue weighted by Crippen LogP contribution is 2.17. The van der Waals surface area contributed by atoms with Crippen molar-refractivity contribution in [2.24, 2.45) is 17.6 Å². The average molecular weight is 292 g/mol. The fraction of sp³-hybridized carbons (Fsp3) is 0.500. The zero-order chi connectivity index (χ0) is 15.8. The summed E-state index contributed by atoms with van der Waals surface area (Å²) in [5.74, 6) is -0.809. The Kier molecular flexibility index (Phi) is 6.88. The number of carbonyl (C=O) groups excluding carboxylic acids is 1. The second-order valence-electron chi connectivity index (χ2n) is 5.68. The molecule has 2 atom stereocenters. The molecule has 0 radical (unpaired) electrons. The molecule has 116 valence electrons. The standard InChI is InChI=1S/C16H24N2O3/c1-11(2)8-12(10-17)9-14(19)18-15(16(20)21)13-6-4-3-5-7-13/h3-7,11-12,15H,8-10,17H2,1-2H3,(H,18,19)(H,20,21)/t12?,15-/m0/s1. The summed E-state index contributed by atoms with van der Waals surface area (Å²) >= 11 is 0. The van der Waals surface area contributed by atoms with Gasteiger partial charge in [0.1, 0.15) is 0 Å². The van der Waals surface area contributed by atoms with Gasteiger partial charge in [-0.2, -0.15) is 0 Å². The zero-order valence-corrected chi connectivity index (χ0v) is 12.6. The van der Waals surface area contributed by atoms with Crippen LogP contribution in [0.25, 0.3) is 0 Å². The zero-order valence-electron chi connectivity index (χ0n) is 12.6. The first-order valence-electron chi connectivity index (χ1n) is 7.21. The summed E-state index contributed by atoms with van der Waals surface area (Å²) in [5, 5.41) is 11.8. The van der Waals surface area contributed by atoms with Gasteiger partial charge in [0.05, 0.1) is 0 Å². The van der Waals surface area contributed by atoms with E-state index >= 15 is 0 Å². The molecule has 0 saturated heterocycles. The maximum atomic E-state index is 12.1. The minimum atomic E-state index is -1.07. The molecule has 1 unspecified atom stereocenters. The van der Waals surface area contributed by atoms with Crippen molar-refractivity contribution < 1.29 is 14.7 Å². The molecule has 1 aromatic carbocycles. The Labute approximate surface area is 125 Å². The van der Waals surface area contributed by atoms with Gasteiger partial charge in [-0.25, -0.2) is 4.79 Å². The quantitative estimate of drug-likeness (QED) is 0.682. The molecule has 1 rings (SSSR count). The smallest absolute Gasteiger partial charge is 0.330 e. The van der Waals surface area contributed by atoms with Gasteiger partial charge in [0.2, 0.25) is 5.91 Å². The van der Waals surface area contributed by atoms with E-state index in [0.717, 1.165) is 6.42 Å². The molecule has 0 aliphatic carbocycles. The van der Waals surface area contributed by atoms with Crippen LogP contribution in [-0.4, -0.2) is 23.5 Å². The van der Waals surface area contributed by atoms with Crippen molar-refractivity contribution in [3.63, 3.8) is 0 Å². The number of carboxylic acid groups (broad SMARTS) is 1. The van der Waals surface area contributed by atoms with Crippen molar-refractivity contribution >= 4 is 11.9 Å². The van der Waals surface area contributed by atoms with Crippen molar-refractivity contribution in [2.75, 3.05) is 6.54 Å². The Morgan fingerprint density at radius 2 is 1.86 bits per heavy atom. The van der Waals surface area contributed by atoms with E-state index in [4.69, 9.17) is 5.73 Å². The summed E-state index contributed by atoms with van der Waals surface area (Å²) in [4.78, 5) is 23.4. The number of carbonyl (C=O) groups is 2. The molecular formula is C16H24N2O3. The second kappa shape index (κ2) is 8.42. The maximum Gasteiger partial charge on any atom is 0.330 e. The third kappa shape index (κ3) is 5.95. The summed E-state index contributed by atoms with van der Waals surface area (Å²) in [6, 6.07) is 7.66. The molecule has 0 aliphatic rings. The van der Waals surface area contributed by atoms with Crippen molar-refractivity contribution in [1.82, 2.24) is 5.32 Å². The van der Waals surface area contributed by atoms with Crippen LogP contribution in [0.1, 0.15) is 38.3 Å². The highest BCUT2D eigenvalue weighted by atomic mass is 16.4. The number of carboxylic acids is 1. The fourth-order valence-electron chi connectivity index (χ4n) is 2.34. The van der Waals surface area contributed by atoms with Crippen LogP contribution in [0.4, 0.5) is 0 Å². The lowest BCUT2D eigenvalue weighted by Gasteiger charge is -2.19. The summed E-state index contributed by atoms with van der Waals surface area (Å²) in [6.07, 6.45) is 1.11. The SMILES string of the molecule is CC(C)CC(CN)CC(=O)N[C@H](C(=O)O)c1ccccc1. The number of amides is 1. The van der Waals surface area contributed by atoms with Crippen molar-refractivity contribution in [1.29, 1.82) is 0 Å². The molecule has 0 spiro atoms. The van der Waals surface area contributed by atoms with Crippen LogP contribution in [0, 0.1) is 11.8 Å². The van der Waals surface area contributed by atoms with Crippen LogP contribution in [0.3, 0.4) is 0 Å². The first kappa shape index (κ1) is 17.2. The van der Waals surface area contributed by atoms with Gasteiger partial charge in [0.25, 0.3) is 0 Å². The van der Waals surface area contributed by atoms with E-state index in [1.165, 1.54) is 0 Å². The van der Waals surface area contributed by atoms with Gasteiger partial charge in [0, 0.05) is 6.42 Å². The predicted molar refractivity (Wildman–Crippen MR) is 81.6 cm³/mol. The molecule has 21 heavy (non-hydrogen) atoms. The lowest BCUT2D eigenvalue weighted by atomic mass is 9.93. The second-order valence-corrected chi connectivity index (χ2v) is 5.68. The third-order valence-corrected chi connectivity index (χ3v) is 3.30. The molecule has 5 nitrogen and oxygen atoms in total. The number of benzene rings is 1. The van der Waals surface area contributed by atoms with E-state index in [0.29, 0.717) is 18.0 Å². The molecule has 0 fully saturated rings. The number of nitrogens with two attached hydrogens (primary N) is 1. The number of hydrogen-bond donors (Lipinski definition) is 3. The number of aliphatic carboxylic acids is 1. The minimum Gasteiger partial charge on any atom is -0.479 e. The molecule has 1 amide bonds. The molecule has 1 aromatic rings. The maximum absolute atomic E-state index is 12.1. The van der Waals surface area contributed by atoms with E-state index in [1.54, 1.807) is 30.3 Å². The topological polar surface area (TPSA) is 92.4 Å². The Morgan fingerprint density at radius 3 is 2.33 bits per heavy atom. The van der Waals surface area contributed by atoms with Crippen LogP contribution in [0.15, 0.2) is 30.3 Å². The highest BCUT2D eigenvalue weighted by molar-refractivity contribution is 5.84. The van der Waals surface area contributed by atoms with Gasteiger partial charge in [-0.1, -0.05) is 44.2 Å². The van der Waals surface area contributed by atoms with Crippen molar-refractivity contribution in [2.45, 2.75) is 32.7 Å². The fourth-order valence-corrected chi connectivity index (χ4v) is 2.34. The molecule has 0 saturated carbocycles. The summed E-state index contributed by atoms with van der Waals surface area (Å²) < 4.78 is 0. The van der Waals surface area contributed by atoms with Gasteiger partial charge in [-0.3, -0.25) is 4.79 Å². The van der Waals surface area contributed by atoms with E-state index < -0.39 is 12.0 Å². The summed E-state index contributed by atoms with van der Waals surface area (Å²) in [7, 11) is 0. The van der Waals surface area contributed by atoms with Gasteiger partial charge in [-0.05, 0) is 30.4 Å². The number of rotatable bonds is 8. The van der Waals surface area contributed by atoms with Crippen LogP contribution in [0.2, 0.25) is 0 Å². The largest absolute Gasteiger partial charge is 0.479 e. The predicted octanol–water partition coefficient (Wildman–Crippen LogP) is 1.94. The molecule has 0 heterocycles. The Morgan fingerprint density at radius 1 is 1.24 bits per heavy atom. The van der Waals surface area contributed by atoms with Crippen LogP contribution < -0.4 is 11.1 Å². The van der Waals surface area contributed by atoms with Gasteiger partial charge in [-0.15, -0.1) is 0 Å². The number of nitrogens with one attached hydrogen (secondary N) is 1. The third-order valence-electron chi connectivity index (χ3n) is 3.30. The normalized spacial score (nSPS) is 13.7. The lowest BCUT2D eigenvalue weighted by molar-refractivity contribution is -0.142. The van der Waals surface area contributed by atoms with E-state index in [9.17, 15) is 14.7 Å². The summed E-state index contributed by atoms with van der Waals surface area (Å²) in [6.45, 7) is 4.57. The minimum absolute atomic E-state index is 0.0789. The van der Waals surface area contributed by atoms with Crippen LogP contribution >= 0.6 is 0 Å². The first-order chi connectivity index (χ1) is 9.93. The average Bonchev–Trinajstić information content (AvgIpc) is 2.44. The van der Waals surface area contributed by atoms with Crippen molar-refractivity contribution in [3.8, 4) is 0 Å². The summed E-state index contributed by atoms with van der Waals surface area (Å²) in [5.41, 5.74) is 6.24. The van der Waals surface area contributed by atoms with Crippen LogP contribution in [-0.2, 0) is 9.59 Å². The van der Waals surface area contributed by atoms with Crippen LogP contribution in [0.5, 0.6) is 0 Å².